The van der Waals surface area contributed by atoms with E-state index in [-0.39, 0.29) is 12.0 Å². The summed E-state index contributed by atoms with van der Waals surface area (Å²) in [4.78, 5) is 14.9. The van der Waals surface area contributed by atoms with Gasteiger partial charge in [0.05, 0.1) is 17.6 Å². The van der Waals surface area contributed by atoms with Gasteiger partial charge in [0.25, 0.3) is 0 Å². The topological polar surface area (TPSA) is 96.5 Å². The van der Waals surface area contributed by atoms with Crippen LogP contribution in [0.5, 0.6) is 0 Å². The first kappa shape index (κ1) is 13.2. The molecule has 2 rings (SSSR count). The number of rotatable bonds is 4. The predicted molar refractivity (Wildman–Crippen MR) is 66.7 cm³/mol. The smallest absolute Gasteiger partial charge is 0.335 e. The summed E-state index contributed by atoms with van der Waals surface area (Å²) in [5.74, 6) is -0.275. The minimum absolute atomic E-state index is 0.198. The van der Waals surface area contributed by atoms with Gasteiger partial charge >= 0.3 is 5.97 Å². The van der Waals surface area contributed by atoms with E-state index in [0.717, 1.165) is 0 Å². The molecule has 0 unspecified atom stereocenters. The van der Waals surface area contributed by atoms with E-state index in [2.05, 4.69) is 10.1 Å². The third kappa shape index (κ3) is 3.38. The summed E-state index contributed by atoms with van der Waals surface area (Å²) in [6.45, 7) is 3.30. The van der Waals surface area contributed by atoms with Gasteiger partial charge in [0.1, 0.15) is 0 Å². The quantitative estimate of drug-likeness (QED) is 0.871. The lowest BCUT2D eigenvalue weighted by Gasteiger charge is -2.12. The van der Waals surface area contributed by atoms with Crippen LogP contribution >= 0.6 is 0 Å². The molecule has 0 spiro atoms. The SMILES string of the molecule is CC(C)(O)Cc1nc(-c2ccc(C(=O)O)cc2)no1. The minimum atomic E-state index is -0.984. The molecule has 0 aliphatic rings. The first-order valence-electron chi connectivity index (χ1n) is 5.74. The summed E-state index contributed by atoms with van der Waals surface area (Å²) < 4.78 is 5.04. The van der Waals surface area contributed by atoms with Crippen molar-refractivity contribution in [3.05, 3.63) is 35.7 Å². The normalized spacial score (nSPS) is 11.5. The molecule has 0 saturated heterocycles. The highest BCUT2D eigenvalue weighted by atomic mass is 16.5. The summed E-state index contributed by atoms with van der Waals surface area (Å²) in [5, 5.41) is 22.3. The van der Waals surface area contributed by atoms with Gasteiger partial charge in [0.2, 0.25) is 11.7 Å². The van der Waals surface area contributed by atoms with E-state index in [0.29, 0.717) is 17.3 Å². The number of aromatic nitrogens is 2. The standard InChI is InChI=1S/C13H14N2O4/c1-13(2,18)7-10-14-11(15-19-10)8-3-5-9(6-4-8)12(16)17/h3-6,18H,7H2,1-2H3,(H,16,17). The largest absolute Gasteiger partial charge is 0.478 e. The van der Waals surface area contributed by atoms with Crippen molar-refractivity contribution in [3.63, 3.8) is 0 Å². The second-order valence-corrected chi connectivity index (χ2v) is 4.88. The van der Waals surface area contributed by atoms with Gasteiger partial charge in [-0.3, -0.25) is 0 Å². The Labute approximate surface area is 109 Å². The zero-order valence-corrected chi connectivity index (χ0v) is 10.6. The maximum atomic E-state index is 10.7. The van der Waals surface area contributed by atoms with Crippen LogP contribution in [0, 0.1) is 0 Å². The Hall–Kier alpha value is -2.21. The van der Waals surface area contributed by atoms with Gasteiger partial charge in [-0.2, -0.15) is 4.98 Å². The van der Waals surface area contributed by atoms with Crippen LogP contribution in [-0.2, 0) is 6.42 Å². The first-order valence-corrected chi connectivity index (χ1v) is 5.74. The van der Waals surface area contributed by atoms with Crippen molar-refractivity contribution < 1.29 is 19.5 Å². The third-order valence-corrected chi connectivity index (χ3v) is 2.44. The van der Waals surface area contributed by atoms with Gasteiger partial charge in [0.15, 0.2) is 0 Å². The lowest BCUT2D eigenvalue weighted by molar-refractivity contribution is 0.0693. The van der Waals surface area contributed by atoms with Gasteiger partial charge in [-0.25, -0.2) is 4.79 Å². The predicted octanol–water partition coefficient (Wildman–Crippen LogP) is 1.75. The van der Waals surface area contributed by atoms with Gasteiger partial charge in [-0.1, -0.05) is 17.3 Å². The van der Waals surface area contributed by atoms with E-state index in [1.165, 1.54) is 12.1 Å². The number of hydrogen-bond acceptors (Lipinski definition) is 5. The van der Waals surface area contributed by atoms with E-state index in [9.17, 15) is 9.90 Å². The monoisotopic (exact) mass is 262 g/mol. The van der Waals surface area contributed by atoms with Gasteiger partial charge in [0, 0.05) is 5.56 Å². The van der Waals surface area contributed by atoms with Crippen molar-refractivity contribution in [2.75, 3.05) is 0 Å². The molecule has 0 fully saturated rings. The molecule has 1 heterocycles. The average molecular weight is 262 g/mol. The Kier molecular flexibility index (Phi) is 3.35. The number of aliphatic hydroxyl groups is 1. The first-order chi connectivity index (χ1) is 8.85. The second kappa shape index (κ2) is 4.81. The fourth-order valence-electron chi connectivity index (χ4n) is 1.58. The highest BCUT2D eigenvalue weighted by Gasteiger charge is 2.19. The molecule has 6 nitrogen and oxygen atoms in total. The lowest BCUT2D eigenvalue weighted by atomic mass is 10.1. The van der Waals surface area contributed by atoms with E-state index < -0.39 is 11.6 Å². The van der Waals surface area contributed by atoms with Crippen LogP contribution < -0.4 is 0 Å². The van der Waals surface area contributed by atoms with Gasteiger partial charge in [-0.05, 0) is 26.0 Å². The zero-order valence-electron chi connectivity index (χ0n) is 10.6. The van der Waals surface area contributed by atoms with Crippen LogP contribution in [0.1, 0.15) is 30.1 Å². The molecule has 0 amide bonds. The van der Waals surface area contributed by atoms with Gasteiger partial charge < -0.3 is 14.7 Å². The lowest BCUT2D eigenvalue weighted by Crippen LogP contribution is -2.21. The van der Waals surface area contributed by atoms with Crippen LogP contribution in [0.15, 0.2) is 28.8 Å². The molecule has 2 N–H and O–H groups in total. The van der Waals surface area contributed by atoms with Crippen LogP contribution in [0.2, 0.25) is 0 Å². The molecular weight excluding hydrogens is 248 g/mol. The Morgan fingerprint density at radius 1 is 1.32 bits per heavy atom. The summed E-state index contributed by atoms with van der Waals surface area (Å²) >= 11 is 0. The fourth-order valence-corrected chi connectivity index (χ4v) is 1.58. The van der Waals surface area contributed by atoms with Gasteiger partial charge in [-0.15, -0.1) is 0 Å². The molecule has 0 bridgehead atoms. The molecule has 1 aromatic carbocycles. The molecule has 0 aliphatic heterocycles. The van der Waals surface area contributed by atoms with Crippen LogP contribution in [0.4, 0.5) is 0 Å². The van der Waals surface area contributed by atoms with Crippen molar-refractivity contribution in [2.24, 2.45) is 0 Å². The van der Waals surface area contributed by atoms with E-state index in [4.69, 9.17) is 9.63 Å². The van der Waals surface area contributed by atoms with Crippen molar-refractivity contribution in [1.82, 2.24) is 10.1 Å². The Bertz CT molecular complexity index is 581. The number of nitrogens with zero attached hydrogens (tertiary/aromatic N) is 2. The number of carboxylic acid groups (broad SMARTS) is 1. The Balaban J connectivity index is 2.20. The Morgan fingerprint density at radius 3 is 2.47 bits per heavy atom. The van der Waals surface area contributed by atoms with E-state index in [1.807, 2.05) is 0 Å². The Morgan fingerprint density at radius 2 is 1.95 bits per heavy atom. The summed E-state index contributed by atoms with van der Waals surface area (Å²) in [6.07, 6.45) is 0.257. The van der Waals surface area contributed by atoms with Crippen molar-refractivity contribution in [1.29, 1.82) is 0 Å². The maximum Gasteiger partial charge on any atom is 0.335 e. The third-order valence-electron chi connectivity index (χ3n) is 2.44. The minimum Gasteiger partial charge on any atom is -0.478 e. The average Bonchev–Trinajstić information content (AvgIpc) is 2.75. The molecule has 100 valence electrons. The van der Waals surface area contributed by atoms with Crippen molar-refractivity contribution in [3.8, 4) is 11.4 Å². The molecule has 2 aromatic rings. The van der Waals surface area contributed by atoms with Crippen LogP contribution in [-0.4, -0.2) is 31.9 Å². The van der Waals surface area contributed by atoms with Crippen molar-refractivity contribution >= 4 is 5.97 Å². The number of carbonyl (C=O) groups is 1. The molecule has 6 heteroatoms. The number of aromatic carboxylic acids is 1. The summed E-state index contributed by atoms with van der Waals surface area (Å²) in [6, 6.07) is 6.18. The van der Waals surface area contributed by atoms with E-state index in [1.54, 1.807) is 26.0 Å². The molecule has 1 aromatic heterocycles. The molecule has 0 radical (unpaired) electrons. The zero-order chi connectivity index (χ0) is 14.0. The summed E-state index contributed by atoms with van der Waals surface area (Å²) in [7, 11) is 0. The number of hydrogen-bond donors (Lipinski definition) is 2. The molecule has 0 saturated carbocycles. The number of carboxylic acids is 1. The maximum absolute atomic E-state index is 10.7. The van der Waals surface area contributed by atoms with Crippen LogP contribution in [0.3, 0.4) is 0 Å². The molecule has 0 atom stereocenters. The van der Waals surface area contributed by atoms with Crippen molar-refractivity contribution in [2.45, 2.75) is 25.9 Å². The molecular formula is C13H14N2O4. The highest BCUT2D eigenvalue weighted by Crippen LogP contribution is 2.18. The number of benzene rings is 1. The highest BCUT2D eigenvalue weighted by molar-refractivity contribution is 5.88. The van der Waals surface area contributed by atoms with Crippen LogP contribution in [0.25, 0.3) is 11.4 Å². The van der Waals surface area contributed by atoms with E-state index >= 15 is 0 Å². The fraction of sp³-hybridized carbons (Fsp3) is 0.308. The molecule has 0 aliphatic carbocycles. The molecule has 19 heavy (non-hydrogen) atoms. The second-order valence-electron chi connectivity index (χ2n) is 4.88. The summed E-state index contributed by atoms with van der Waals surface area (Å²) in [5.41, 5.74) is -0.0588.